The van der Waals surface area contributed by atoms with Crippen LogP contribution in [0.2, 0.25) is 5.82 Å². The van der Waals surface area contributed by atoms with Crippen molar-refractivity contribution in [3.63, 3.8) is 0 Å². The van der Waals surface area contributed by atoms with Crippen LogP contribution < -0.4 is 5.32 Å². The summed E-state index contributed by atoms with van der Waals surface area (Å²) in [5.41, 5.74) is 0. The van der Waals surface area contributed by atoms with Gasteiger partial charge in [-0.05, 0) is 38.1 Å². The molecule has 2 nitrogen and oxygen atoms in total. The van der Waals surface area contributed by atoms with E-state index >= 15 is 0 Å². The molecule has 1 N–H and O–H groups in total. The molecule has 14 heavy (non-hydrogen) atoms. The first kappa shape index (κ1) is 10.2. The van der Waals surface area contributed by atoms with Gasteiger partial charge in [0.05, 0.1) is 6.04 Å². The highest BCUT2D eigenvalue weighted by Crippen LogP contribution is 2.41. The first-order chi connectivity index (χ1) is 6.68. The first-order valence-corrected chi connectivity index (χ1v) is 5.92. The number of nitrogens with one attached hydrogen (secondary N) is 1. The van der Waals surface area contributed by atoms with Gasteiger partial charge in [-0.1, -0.05) is 18.7 Å². The number of carbonyl (C=O) groups excluding carboxylic acids is 1. The minimum Gasteiger partial charge on any atom is -0.307 e. The highest BCUT2D eigenvalue weighted by atomic mass is 16.1. The fourth-order valence-corrected chi connectivity index (χ4v) is 3.23. The van der Waals surface area contributed by atoms with Crippen molar-refractivity contribution in [2.75, 3.05) is 6.54 Å². The molecule has 4 atom stereocenters. The summed E-state index contributed by atoms with van der Waals surface area (Å²) >= 11 is 0. The molecule has 0 aromatic rings. The lowest BCUT2D eigenvalue weighted by molar-refractivity contribution is -0.120. The Kier molecular flexibility index (Phi) is 2.96. The summed E-state index contributed by atoms with van der Waals surface area (Å²) in [4.78, 5) is 11.3. The first-order valence-electron chi connectivity index (χ1n) is 5.92. The van der Waals surface area contributed by atoms with Crippen molar-refractivity contribution in [3.8, 4) is 0 Å². The third-order valence-corrected chi connectivity index (χ3v) is 4.20. The Morgan fingerprint density at radius 1 is 1.43 bits per heavy atom. The van der Waals surface area contributed by atoms with Crippen LogP contribution in [0.5, 0.6) is 0 Å². The monoisotopic (exact) mass is 193 g/mol. The largest absolute Gasteiger partial charge is 0.307 e. The predicted molar refractivity (Wildman–Crippen MR) is 60.2 cm³/mol. The second-order valence-corrected chi connectivity index (χ2v) is 5.14. The summed E-state index contributed by atoms with van der Waals surface area (Å²) in [5.74, 6) is 2.80. The van der Waals surface area contributed by atoms with Crippen molar-refractivity contribution in [3.05, 3.63) is 0 Å². The van der Waals surface area contributed by atoms with Crippen LogP contribution >= 0.6 is 0 Å². The lowest BCUT2D eigenvalue weighted by Crippen LogP contribution is -2.49. The second kappa shape index (κ2) is 4.05. The van der Waals surface area contributed by atoms with E-state index in [2.05, 4.69) is 13.2 Å². The van der Waals surface area contributed by atoms with Crippen molar-refractivity contribution in [1.29, 1.82) is 0 Å². The van der Waals surface area contributed by atoms with Gasteiger partial charge in [0.2, 0.25) is 0 Å². The molecule has 78 valence electrons. The van der Waals surface area contributed by atoms with Crippen LogP contribution in [0.3, 0.4) is 0 Å². The molecule has 2 aliphatic rings. The molecular weight excluding hydrogens is 173 g/mol. The number of carbonyl (C=O) groups is 1. The van der Waals surface area contributed by atoms with Crippen molar-refractivity contribution >= 4 is 13.6 Å². The van der Waals surface area contributed by atoms with Crippen molar-refractivity contribution < 1.29 is 4.79 Å². The zero-order valence-corrected chi connectivity index (χ0v) is 9.25. The molecule has 0 aromatic carbocycles. The molecule has 0 bridgehead atoms. The SMILES string of the molecule is BC1CCC[C@@H]2CN[C@H](C(C)=O)C[C@H]12. The molecular formula is C11H20BNO. The number of Topliss-reactive ketones (excluding diaryl/α,β-unsaturated/α-hetero) is 1. The summed E-state index contributed by atoms with van der Waals surface area (Å²) in [6, 6.07) is 0.150. The van der Waals surface area contributed by atoms with E-state index in [1.165, 1.54) is 19.3 Å². The average Bonchev–Trinajstić information content (AvgIpc) is 2.18. The van der Waals surface area contributed by atoms with Crippen LogP contribution in [0.25, 0.3) is 0 Å². The summed E-state index contributed by atoms with van der Waals surface area (Å²) in [7, 11) is 2.36. The average molecular weight is 193 g/mol. The minimum atomic E-state index is 0.150. The van der Waals surface area contributed by atoms with Gasteiger partial charge in [-0.3, -0.25) is 4.79 Å². The molecule has 1 heterocycles. The lowest BCUT2D eigenvalue weighted by atomic mass is 9.60. The van der Waals surface area contributed by atoms with E-state index < -0.39 is 0 Å². The minimum absolute atomic E-state index is 0.150. The highest BCUT2D eigenvalue weighted by molar-refractivity contribution is 6.11. The molecule has 1 saturated heterocycles. The van der Waals surface area contributed by atoms with Crippen LogP contribution in [0.4, 0.5) is 0 Å². The molecule has 0 amide bonds. The Bertz CT molecular complexity index is 231. The third-order valence-electron chi connectivity index (χ3n) is 4.20. The van der Waals surface area contributed by atoms with E-state index in [1.807, 2.05) is 0 Å². The Balaban J connectivity index is 2.01. The molecule has 0 aromatic heterocycles. The van der Waals surface area contributed by atoms with Crippen LogP contribution in [0.15, 0.2) is 0 Å². The number of piperidine rings is 1. The van der Waals surface area contributed by atoms with Crippen LogP contribution in [-0.2, 0) is 4.79 Å². The molecule has 3 heteroatoms. The van der Waals surface area contributed by atoms with Gasteiger partial charge >= 0.3 is 0 Å². The van der Waals surface area contributed by atoms with Gasteiger partial charge < -0.3 is 5.32 Å². The van der Waals surface area contributed by atoms with Gasteiger partial charge in [-0.25, -0.2) is 0 Å². The van der Waals surface area contributed by atoms with Gasteiger partial charge in [0.15, 0.2) is 0 Å². The molecule has 2 fully saturated rings. The number of hydrogen-bond donors (Lipinski definition) is 1. The maximum atomic E-state index is 11.3. The van der Waals surface area contributed by atoms with Gasteiger partial charge in [0.25, 0.3) is 0 Å². The van der Waals surface area contributed by atoms with E-state index in [1.54, 1.807) is 6.92 Å². The van der Waals surface area contributed by atoms with Gasteiger partial charge in [-0.2, -0.15) is 0 Å². The quantitative estimate of drug-likeness (QED) is 0.623. The van der Waals surface area contributed by atoms with E-state index in [-0.39, 0.29) is 6.04 Å². The normalized spacial score (nSPS) is 42.9. The van der Waals surface area contributed by atoms with E-state index in [9.17, 15) is 4.79 Å². The molecule has 1 saturated carbocycles. The second-order valence-electron chi connectivity index (χ2n) is 5.14. The van der Waals surface area contributed by atoms with Crippen molar-refractivity contribution in [2.24, 2.45) is 11.8 Å². The zero-order chi connectivity index (χ0) is 10.1. The number of hydrogen-bond acceptors (Lipinski definition) is 2. The highest BCUT2D eigenvalue weighted by Gasteiger charge is 2.36. The third kappa shape index (κ3) is 1.88. The number of fused-ring (bicyclic) bond motifs is 1. The Morgan fingerprint density at radius 3 is 2.93 bits per heavy atom. The molecule has 1 aliphatic heterocycles. The fraction of sp³-hybridized carbons (Fsp3) is 0.909. The van der Waals surface area contributed by atoms with E-state index in [0.29, 0.717) is 5.78 Å². The number of ketones is 1. The molecule has 2 rings (SSSR count). The van der Waals surface area contributed by atoms with Crippen LogP contribution in [0.1, 0.15) is 32.6 Å². The van der Waals surface area contributed by atoms with Crippen molar-refractivity contribution in [2.45, 2.75) is 44.5 Å². The Hall–Kier alpha value is -0.305. The Morgan fingerprint density at radius 2 is 2.21 bits per heavy atom. The van der Waals surface area contributed by atoms with E-state index in [0.717, 1.165) is 30.6 Å². The number of rotatable bonds is 1. The summed E-state index contributed by atoms with van der Waals surface area (Å²) in [6.45, 7) is 2.78. The lowest BCUT2D eigenvalue weighted by Gasteiger charge is -2.43. The smallest absolute Gasteiger partial charge is 0.146 e. The summed E-state index contributed by atoms with van der Waals surface area (Å²) in [5, 5.41) is 3.39. The van der Waals surface area contributed by atoms with Crippen LogP contribution in [0, 0.1) is 11.8 Å². The summed E-state index contributed by atoms with van der Waals surface area (Å²) in [6.07, 6.45) is 5.20. The van der Waals surface area contributed by atoms with E-state index in [4.69, 9.17) is 0 Å². The van der Waals surface area contributed by atoms with Gasteiger partial charge in [0, 0.05) is 0 Å². The van der Waals surface area contributed by atoms with Gasteiger partial charge in [0.1, 0.15) is 13.6 Å². The molecule has 0 radical (unpaired) electrons. The maximum absolute atomic E-state index is 11.3. The summed E-state index contributed by atoms with van der Waals surface area (Å²) < 4.78 is 0. The molecule has 0 spiro atoms. The van der Waals surface area contributed by atoms with Gasteiger partial charge in [-0.15, -0.1) is 0 Å². The Labute approximate surface area is 87.2 Å². The molecule has 1 unspecified atom stereocenters. The fourth-order valence-electron chi connectivity index (χ4n) is 3.23. The maximum Gasteiger partial charge on any atom is 0.146 e. The molecule has 1 aliphatic carbocycles. The topological polar surface area (TPSA) is 29.1 Å². The van der Waals surface area contributed by atoms with Crippen LogP contribution in [-0.4, -0.2) is 26.2 Å². The van der Waals surface area contributed by atoms with Crippen molar-refractivity contribution in [1.82, 2.24) is 5.32 Å². The zero-order valence-electron chi connectivity index (χ0n) is 9.25. The standard InChI is InChI=1S/C11H20BNO/c1-7(14)11-5-9-8(6-13-11)3-2-4-10(9)12/h8-11,13H,2-6,12H2,1H3/t8-,9+,10?,11+/m1/s1. The predicted octanol–water partition coefficient (Wildman–Crippen LogP) is 0.775.